The van der Waals surface area contributed by atoms with E-state index in [1.165, 1.54) is 4.90 Å². The normalized spacial score (nSPS) is 16.8. The molecule has 0 aromatic heterocycles. The lowest BCUT2D eigenvalue weighted by Gasteiger charge is -2.29. The van der Waals surface area contributed by atoms with E-state index in [2.05, 4.69) is 16.6 Å². The largest absolute Gasteiger partial charge is 0.377 e. The Morgan fingerprint density at radius 3 is 2.24 bits per heavy atom. The maximum atomic E-state index is 12.7. The average Bonchev–Trinajstić information content (AvgIpc) is 3.21. The zero-order valence-corrected chi connectivity index (χ0v) is 21.2. The predicted octanol–water partition coefficient (Wildman–Crippen LogP) is 0.102. The van der Waals surface area contributed by atoms with E-state index in [9.17, 15) is 19.2 Å². The van der Waals surface area contributed by atoms with Crippen LogP contribution < -0.4 is 10.6 Å². The minimum absolute atomic E-state index is 0.152. The Balaban J connectivity index is 1.24. The second-order valence-corrected chi connectivity index (χ2v) is 8.47. The number of amides is 4. The van der Waals surface area contributed by atoms with Crippen molar-refractivity contribution in [2.24, 2.45) is 0 Å². The molecule has 3 rings (SSSR count). The zero-order chi connectivity index (χ0) is 27.2. The molecule has 2 aliphatic heterocycles. The predicted molar refractivity (Wildman–Crippen MR) is 134 cm³/mol. The van der Waals surface area contributed by atoms with Crippen LogP contribution in [-0.2, 0) is 44.6 Å². The van der Waals surface area contributed by atoms with E-state index >= 15 is 0 Å². The van der Waals surface area contributed by atoms with Gasteiger partial charge in [0.2, 0.25) is 17.7 Å². The molecule has 1 atom stereocenters. The molecule has 0 spiro atoms. The van der Waals surface area contributed by atoms with Crippen LogP contribution in [0.3, 0.4) is 0 Å². The smallest absolute Gasteiger partial charge is 0.255 e. The summed E-state index contributed by atoms with van der Waals surface area (Å²) in [5.74, 6) is 0.967. The Hall–Kier alpha value is -3.34. The van der Waals surface area contributed by atoms with E-state index in [-0.39, 0.29) is 50.5 Å². The van der Waals surface area contributed by atoms with Crippen molar-refractivity contribution in [2.75, 3.05) is 71.4 Å². The molecular weight excluding hydrogens is 498 g/mol. The summed E-state index contributed by atoms with van der Waals surface area (Å²) in [4.78, 5) is 50.0. The van der Waals surface area contributed by atoms with Gasteiger partial charge >= 0.3 is 0 Å². The molecule has 12 heteroatoms. The van der Waals surface area contributed by atoms with E-state index in [0.29, 0.717) is 69.5 Å². The fraction of sp³-hybridized carbons (Fsp3) is 0.538. The lowest BCUT2D eigenvalue weighted by Crippen LogP contribution is -2.52. The molecule has 0 aliphatic carbocycles. The number of ether oxygens (including phenoxy) is 5. The van der Waals surface area contributed by atoms with Crippen LogP contribution >= 0.6 is 0 Å². The van der Waals surface area contributed by atoms with Gasteiger partial charge in [-0.2, -0.15) is 0 Å². The molecule has 38 heavy (non-hydrogen) atoms. The van der Waals surface area contributed by atoms with Crippen LogP contribution in [-0.4, -0.2) is 101 Å². The van der Waals surface area contributed by atoms with E-state index in [1.54, 1.807) is 18.2 Å². The number of anilines is 1. The summed E-state index contributed by atoms with van der Waals surface area (Å²) in [6.07, 6.45) is 5.55. The molecule has 1 saturated heterocycles. The summed E-state index contributed by atoms with van der Waals surface area (Å²) < 4.78 is 26.5. The molecule has 4 amide bonds. The fourth-order valence-electron chi connectivity index (χ4n) is 3.92. The van der Waals surface area contributed by atoms with Crippen molar-refractivity contribution in [1.82, 2.24) is 10.2 Å². The molecule has 1 fully saturated rings. The Kier molecular flexibility index (Phi) is 12.2. The van der Waals surface area contributed by atoms with Crippen LogP contribution in [0, 0.1) is 12.3 Å². The summed E-state index contributed by atoms with van der Waals surface area (Å²) in [6, 6.07) is 4.27. The van der Waals surface area contributed by atoms with Crippen molar-refractivity contribution in [3.63, 3.8) is 0 Å². The second-order valence-electron chi connectivity index (χ2n) is 8.47. The van der Waals surface area contributed by atoms with Crippen LogP contribution in [0.4, 0.5) is 5.69 Å². The summed E-state index contributed by atoms with van der Waals surface area (Å²) in [5, 5.41) is 5.01. The highest BCUT2D eigenvalue weighted by Gasteiger charge is 2.39. The van der Waals surface area contributed by atoms with Gasteiger partial charge in [-0.1, -0.05) is 5.92 Å². The minimum atomic E-state index is -0.683. The van der Waals surface area contributed by atoms with Crippen molar-refractivity contribution < 1.29 is 42.9 Å². The molecule has 1 aromatic carbocycles. The highest BCUT2D eigenvalue weighted by atomic mass is 16.6. The number of carbonyl (C=O) groups excluding carboxylic acids is 4. The number of carbonyl (C=O) groups is 4. The van der Waals surface area contributed by atoms with Crippen molar-refractivity contribution >= 4 is 29.3 Å². The number of imide groups is 1. The van der Waals surface area contributed by atoms with E-state index < -0.39 is 11.9 Å². The summed E-state index contributed by atoms with van der Waals surface area (Å²) in [6.45, 7) is 3.54. The SMILES string of the molecule is C#CCOCCOCCOCCOCCOCC(=O)Nc1ccc2c(c1)CN(C1CCC(=O)NC1=O)C2=O. The van der Waals surface area contributed by atoms with Crippen molar-refractivity contribution in [1.29, 1.82) is 0 Å². The number of benzene rings is 1. The average molecular weight is 532 g/mol. The first-order valence-electron chi connectivity index (χ1n) is 12.4. The minimum Gasteiger partial charge on any atom is -0.377 e. The standard InChI is InChI=1S/C26H33N3O9/c1-2-7-34-8-9-35-10-11-36-12-13-37-14-15-38-18-24(31)27-20-3-4-21-19(16-20)17-29(26(21)33)22-5-6-23(30)28-25(22)32/h1,3-4,16,22H,5-15,17-18H2,(H,27,31)(H,28,30,32). The number of hydrogen-bond donors (Lipinski definition) is 2. The molecule has 0 radical (unpaired) electrons. The number of fused-ring (bicyclic) bond motifs is 1. The van der Waals surface area contributed by atoms with E-state index in [0.717, 1.165) is 0 Å². The molecule has 1 unspecified atom stereocenters. The number of terminal acetylenes is 1. The maximum Gasteiger partial charge on any atom is 0.255 e. The number of rotatable bonds is 17. The molecule has 2 heterocycles. The first-order chi connectivity index (χ1) is 18.5. The Morgan fingerprint density at radius 2 is 1.61 bits per heavy atom. The van der Waals surface area contributed by atoms with E-state index in [1.807, 2.05) is 0 Å². The van der Waals surface area contributed by atoms with Gasteiger partial charge in [0.25, 0.3) is 5.91 Å². The first kappa shape index (κ1) is 29.2. The second kappa shape index (κ2) is 15.8. The molecule has 2 aliphatic rings. The van der Waals surface area contributed by atoms with Gasteiger partial charge in [0.05, 0.1) is 52.9 Å². The van der Waals surface area contributed by atoms with Gasteiger partial charge in [0.1, 0.15) is 19.3 Å². The molecule has 0 bridgehead atoms. The number of hydrogen-bond acceptors (Lipinski definition) is 9. The van der Waals surface area contributed by atoms with Crippen LogP contribution in [0.25, 0.3) is 0 Å². The number of piperidine rings is 1. The Labute approximate surface area is 221 Å². The molecule has 12 nitrogen and oxygen atoms in total. The number of nitrogens with zero attached hydrogens (tertiary/aromatic N) is 1. The topological polar surface area (TPSA) is 142 Å². The fourth-order valence-corrected chi connectivity index (χ4v) is 3.92. The van der Waals surface area contributed by atoms with E-state index in [4.69, 9.17) is 30.1 Å². The molecule has 206 valence electrons. The van der Waals surface area contributed by atoms with Crippen molar-refractivity contribution in [3.8, 4) is 12.3 Å². The van der Waals surface area contributed by atoms with Gasteiger partial charge in [0, 0.05) is 24.2 Å². The third-order valence-electron chi connectivity index (χ3n) is 5.71. The Morgan fingerprint density at radius 1 is 0.974 bits per heavy atom. The summed E-state index contributed by atoms with van der Waals surface area (Å²) in [5.41, 5.74) is 1.70. The van der Waals surface area contributed by atoms with Crippen LogP contribution in [0.2, 0.25) is 0 Å². The maximum absolute atomic E-state index is 12.7. The monoisotopic (exact) mass is 531 g/mol. The molecule has 1 aromatic rings. The van der Waals surface area contributed by atoms with Gasteiger partial charge in [-0.15, -0.1) is 6.42 Å². The van der Waals surface area contributed by atoms with Gasteiger partial charge in [0.15, 0.2) is 0 Å². The van der Waals surface area contributed by atoms with Gasteiger partial charge in [-0.3, -0.25) is 24.5 Å². The lowest BCUT2D eigenvalue weighted by molar-refractivity contribution is -0.137. The van der Waals surface area contributed by atoms with Crippen molar-refractivity contribution in [3.05, 3.63) is 29.3 Å². The lowest BCUT2D eigenvalue weighted by atomic mass is 10.0. The van der Waals surface area contributed by atoms with Crippen LogP contribution in [0.15, 0.2) is 18.2 Å². The van der Waals surface area contributed by atoms with Crippen molar-refractivity contribution in [2.45, 2.75) is 25.4 Å². The summed E-state index contributed by atoms with van der Waals surface area (Å²) >= 11 is 0. The van der Waals surface area contributed by atoms with Crippen LogP contribution in [0.1, 0.15) is 28.8 Å². The third-order valence-corrected chi connectivity index (χ3v) is 5.71. The Bertz CT molecular complexity index is 1020. The van der Waals surface area contributed by atoms with Gasteiger partial charge < -0.3 is 33.9 Å². The molecule has 0 saturated carbocycles. The molecule has 2 N–H and O–H groups in total. The van der Waals surface area contributed by atoms with Crippen LogP contribution in [0.5, 0.6) is 0 Å². The zero-order valence-electron chi connectivity index (χ0n) is 21.2. The quantitative estimate of drug-likeness (QED) is 0.163. The van der Waals surface area contributed by atoms with Gasteiger partial charge in [-0.25, -0.2) is 0 Å². The summed E-state index contributed by atoms with van der Waals surface area (Å²) in [7, 11) is 0. The molecular formula is C26H33N3O9. The highest BCUT2D eigenvalue weighted by Crippen LogP contribution is 2.29. The first-order valence-corrected chi connectivity index (χ1v) is 12.4. The highest BCUT2D eigenvalue weighted by molar-refractivity contribution is 6.05. The van der Waals surface area contributed by atoms with Gasteiger partial charge in [-0.05, 0) is 30.2 Å². The third kappa shape index (κ3) is 9.20. The number of nitrogens with one attached hydrogen (secondary N) is 2.